The van der Waals surface area contributed by atoms with Crippen LogP contribution in [0.4, 0.5) is 0 Å². The van der Waals surface area contributed by atoms with E-state index in [1.165, 1.54) is 5.56 Å². The number of hydrogen-bond donors (Lipinski definition) is 0. The molecule has 1 aliphatic heterocycles. The van der Waals surface area contributed by atoms with E-state index in [9.17, 15) is 4.79 Å². The van der Waals surface area contributed by atoms with E-state index < -0.39 is 0 Å². The Morgan fingerprint density at radius 3 is 2.33 bits per heavy atom. The zero-order chi connectivity index (χ0) is 13.3. The van der Waals surface area contributed by atoms with Crippen LogP contribution < -0.4 is 0 Å². The Morgan fingerprint density at radius 2 is 1.83 bits per heavy atom. The summed E-state index contributed by atoms with van der Waals surface area (Å²) in [6.07, 6.45) is 0.229. The Bertz CT molecular complexity index is 423. The van der Waals surface area contributed by atoms with Crippen molar-refractivity contribution in [2.75, 3.05) is 0 Å². The molecule has 0 saturated carbocycles. The summed E-state index contributed by atoms with van der Waals surface area (Å²) in [4.78, 5) is 11.4. The average molecular weight is 267 g/mol. The van der Waals surface area contributed by atoms with Crippen molar-refractivity contribution < 1.29 is 9.53 Å². The molecule has 1 saturated heterocycles. The first-order valence-electron chi connectivity index (χ1n) is 6.42. The van der Waals surface area contributed by atoms with Gasteiger partial charge in [-0.25, -0.2) is 0 Å². The quantitative estimate of drug-likeness (QED) is 0.614. The second-order valence-corrected chi connectivity index (χ2v) is 5.95. The normalized spacial score (nSPS) is 25.3. The maximum Gasteiger partial charge on any atom is 0.306 e. The maximum absolute atomic E-state index is 11.4. The van der Waals surface area contributed by atoms with Crippen LogP contribution in [0.25, 0.3) is 0 Å². The number of hydrogen-bond acceptors (Lipinski definition) is 2. The molecule has 2 nitrogen and oxygen atoms in total. The second-order valence-electron chi connectivity index (χ2n) is 5.26. The van der Waals surface area contributed by atoms with E-state index in [4.69, 9.17) is 16.3 Å². The number of carbonyl (C=O) groups is 1. The van der Waals surface area contributed by atoms with Crippen LogP contribution in [0.1, 0.15) is 50.2 Å². The summed E-state index contributed by atoms with van der Waals surface area (Å²) < 4.78 is 5.30. The van der Waals surface area contributed by atoms with E-state index in [2.05, 4.69) is 38.1 Å². The number of carbonyl (C=O) groups excluding carboxylic acids is 1. The van der Waals surface area contributed by atoms with Crippen molar-refractivity contribution >= 4 is 17.6 Å². The summed E-state index contributed by atoms with van der Waals surface area (Å²) in [5, 5.41) is -0.161. The fourth-order valence-electron chi connectivity index (χ4n) is 2.43. The fraction of sp³-hybridized carbons (Fsp3) is 0.533. The predicted octanol–water partition coefficient (Wildman–Crippen LogP) is 3.84. The minimum absolute atomic E-state index is 0.0891. The molecular weight excluding hydrogens is 248 g/mol. The van der Waals surface area contributed by atoms with Crippen molar-refractivity contribution in [1.82, 2.24) is 0 Å². The van der Waals surface area contributed by atoms with Gasteiger partial charge in [-0.2, -0.15) is 0 Å². The van der Waals surface area contributed by atoms with Gasteiger partial charge < -0.3 is 4.74 Å². The third-order valence-corrected chi connectivity index (χ3v) is 3.78. The zero-order valence-electron chi connectivity index (χ0n) is 11.0. The standard InChI is InChI=1S/C15H19ClO2/c1-9(2)11-4-6-12(7-5-11)13-8-14(17)18-15(13)10(3)16/h4-7,9-10,13,15H,8H2,1-3H3/t10?,13-,15+/m0/s1. The van der Waals surface area contributed by atoms with Gasteiger partial charge >= 0.3 is 5.97 Å². The van der Waals surface area contributed by atoms with E-state index in [-0.39, 0.29) is 23.4 Å². The lowest BCUT2D eigenvalue weighted by atomic mass is 9.89. The van der Waals surface area contributed by atoms with Crippen LogP contribution >= 0.6 is 11.6 Å². The van der Waals surface area contributed by atoms with Gasteiger partial charge in [0.25, 0.3) is 0 Å². The molecule has 1 fully saturated rings. The summed E-state index contributed by atoms with van der Waals surface area (Å²) >= 11 is 6.10. The number of benzene rings is 1. The first-order valence-corrected chi connectivity index (χ1v) is 6.86. The third-order valence-electron chi connectivity index (χ3n) is 3.53. The highest BCUT2D eigenvalue weighted by Crippen LogP contribution is 2.35. The summed E-state index contributed by atoms with van der Waals surface area (Å²) in [6, 6.07) is 8.43. The minimum Gasteiger partial charge on any atom is -0.460 e. The second kappa shape index (κ2) is 5.31. The highest BCUT2D eigenvalue weighted by molar-refractivity contribution is 6.21. The molecule has 98 valence electrons. The number of ether oxygens (including phenoxy) is 1. The van der Waals surface area contributed by atoms with Crippen LogP contribution in [0.15, 0.2) is 24.3 Å². The summed E-state index contributed by atoms with van der Waals surface area (Å²) in [6.45, 7) is 6.21. The Hall–Kier alpha value is -1.02. The Morgan fingerprint density at radius 1 is 1.22 bits per heavy atom. The number of alkyl halides is 1. The van der Waals surface area contributed by atoms with Crippen molar-refractivity contribution in [3.05, 3.63) is 35.4 Å². The van der Waals surface area contributed by atoms with Crippen LogP contribution in [0.5, 0.6) is 0 Å². The van der Waals surface area contributed by atoms with Crippen LogP contribution in [0, 0.1) is 0 Å². The van der Waals surface area contributed by atoms with Gasteiger partial charge in [0.1, 0.15) is 6.10 Å². The number of esters is 1. The average Bonchev–Trinajstić information content (AvgIpc) is 2.71. The van der Waals surface area contributed by atoms with Gasteiger partial charge in [0.05, 0.1) is 11.8 Å². The molecule has 0 aromatic heterocycles. The van der Waals surface area contributed by atoms with Gasteiger partial charge in [-0.3, -0.25) is 4.79 Å². The van der Waals surface area contributed by atoms with Crippen molar-refractivity contribution in [1.29, 1.82) is 0 Å². The molecule has 1 unspecified atom stereocenters. The molecular formula is C15H19ClO2. The lowest BCUT2D eigenvalue weighted by molar-refractivity contribution is -0.141. The molecule has 1 heterocycles. The molecule has 0 bridgehead atoms. The molecule has 3 atom stereocenters. The van der Waals surface area contributed by atoms with Gasteiger partial charge in [0.2, 0.25) is 0 Å². The molecule has 1 aromatic rings. The highest BCUT2D eigenvalue weighted by Gasteiger charge is 2.38. The van der Waals surface area contributed by atoms with Crippen LogP contribution in [-0.4, -0.2) is 17.5 Å². The van der Waals surface area contributed by atoms with E-state index in [0.29, 0.717) is 12.3 Å². The number of cyclic esters (lactones) is 1. The number of halogens is 1. The lowest BCUT2D eigenvalue weighted by Crippen LogP contribution is -2.23. The molecule has 18 heavy (non-hydrogen) atoms. The van der Waals surface area contributed by atoms with Crippen LogP contribution in [0.2, 0.25) is 0 Å². The van der Waals surface area contributed by atoms with E-state index in [1.54, 1.807) is 0 Å². The molecule has 0 radical (unpaired) electrons. The molecule has 1 aromatic carbocycles. The van der Waals surface area contributed by atoms with E-state index in [0.717, 1.165) is 5.56 Å². The topological polar surface area (TPSA) is 26.3 Å². The van der Waals surface area contributed by atoms with Crippen LogP contribution in [0.3, 0.4) is 0 Å². The lowest BCUT2D eigenvalue weighted by Gasteiger charge is -2.20. The van der Waals surface area contributed by atoms with E-state index in [1.807, 2.05) is 6.92 Å². The molecule has 3 heteroatoms. The largest absolute Gasteiger partial charge is 0.460 e. The van der Waals surface area contributed by atoms with Gasteiger partial charge in [-0.15, -0.1) is 11.6 Å². The fourth-order valence-corrected chi connectivity index (χ4v) is 2.65. The summed E-state index contributed by atoms with van der Waals surface area (Å²) in [5.41, 5.74) is 2.45. The molecule has 1 aliphatic rings. The first kappa shape index (κ1) is 13.4. The summed E-state index contributed by atoms with van der Waals surface area (Å²) in [7, 11) is 0. The smallest absolute Gasteiger partial charge is 0.306 e. The van der Waals surface area contributed by atoms with Crippen molar-refractivity contribution in [3.8, 4) is 0 Å². The van der Waals surface area contributed by atoms with Gasteiger partial charge in [-0.05, 0) is 24.0 Å². The molecule has 0 aliphatic carbocycles. The van der Waals surface area contributed by atoms with Crippen molar-refractivity contribution in [2.24, 2.45) is 0 Å². The minimum atomic E-state index is -0.205. The molecule has 2 rings (SSSR count). The molecule has 0 N–H and O–H groups in total. The molecule has 0 spiro atoms. The SMILES string of the molecule is CC(C)c1ccc([C@@H]2CC(=O)O[C@@H]2C(C)Cl)cc1. The Kier molecular flexibility index (Phi) is 3.96. The first-order chi connectivity index (χ1) is 8.49. The molecule has 0 amide bonds. The van der Waals surface area contributed by atoms with E-state index >= 15 is 0 Å². The van der Waals surface area contributed by atoms with Crippen molar-refractivity contribution in [2.45, 2.75) is 50.5 Å². The monoisotopic (exact) mass is 266 g/mol. The van der Waals surface area contributed by atoms with Crippen LogP contribution in [-0.2, 0) is 9.53 Å². The van der Waals surface area contributed by atoms with Gasteiger partial charge in [0.15, 0.2) is 0 Å². The summed E-state index contributed by atoms with van der Waals surface area (Å²) in [5.74, 6) is 0.458. The third kappa shape index (κ3) is 2.69. The number of rotatable bonds is 3. The Labute approximate surface area is 113 Å². The Balaban J connectivity index is 2.22. The zero-order valence-corrected chi connectivity index (χ0v) is 11.8. The van der Waals surface area contributed by atoms with Gasteiger partial charge in [-0.1, -0.05) is 38.1 Å². The highest BCUT2D eigenvalue weighted by atomic mass is 35.5. The predicted molar refractivity (Wildman–Crippen MR) is 73.1 cm³/mol. The maximum atomic E-state index is 11.4. The van der Waals surface area contributed by atoms with Gasteiger partial charge in [0, 0.05) is 5.92 Å². The van der Waals surface area contributed by atoms with Crippen molar-refractivity contribution in [3.63, 3.8) is 0 Å².